The Kier molecular flexibility index (Phi) is 3.99. The van der Waals surface area contributed by atoms with Gasteiger partial charge in [-0.2, -0.15) is 0 Å². The zero-order valence-corrected chi connectivity index (χ0v) is 13.7. The summed E-state index contributed by atoms with van der Waals surface area (Å²) in [6.45, 7) is 0. The molecule has 1 amide bonds. The zero-order valence-electron chi connectivity index (χ0n) is 13.7. The minimum Gasteiger partial charge on any atom is -0.457 e. The number of fused-ring (bicyclic) bond motifs is 1. The molecule has 0 saturated heterocycles. The van der Waals surface area contributed by atoms with Gasteiger partial charge >= 0.3 is 6.09 Å². The van der Waals surface area contributed by atoms with E-state index in [1.807, 2.05) is 54.6 Å². The number of ether oxygens (including phenoxy) is 2. The summed E-state index contributed by atoms with van der Waals surface area (Å²) in [6, 6.07) is 22.3. The molecule has 0 aliphatic rings. The maximum absolute atomic E-state index is 10.9. The molecule has 0 saturated carbocycles. The number of aromatic amines is 1. The Hall–Kier alpha value is -3.80. The van der Waals surface area contributed by atoms with Gasteiger partial charge in [0, 0.05) is 11.6 Å². The molecule has 1 heterocycles. The molecule has 4 rings (SSSR count). The van der Waals surface area contributed by atoms with E-state index in [4.69, 9.17) is 15.2 Å². The maximum atomic E-state index is 10.9. The molecule has 0 fully saturated rings. The van der Waals surface area contributed by atoms with E-state index < -0.39 is 6.09 Å². The van der Waals surface area contributed by atoms with Crippen LogP contribution >= 0.6 is 0 Å². The number of primary amides is 1. The van der Waals surface area contributed by atoms with Crippen molar-refractivity contribution in [3.8, 4) is 28.6 Å². The molecule has 0 atom stereocenters. The van der Waals surface area contributed by atoms with Crippen LogP contribution in [-0.2, 0) is 0 Å². The van der Waals surface area contributed by atoms with Crippen LogP contribution in [0.3, 0.4) is 0 Å². The first-order chi connectivity index (χ1) is 12.7. The van der Waals surface area contributed by atoms with Gasteiger partial charge in [0.25, 0.3) is 0 Å². The van der Waals surface area contributed by atoms with Gasteiger partial charge in [0.15, 0.2) is 0 Å². The lowest BCUT2D eigenvalue weighted by Gasteiger charge is -2.05. The molecule has 128 valence electrons. The van der Waals surface area contributed by atoms with Crippen molar-refractivity contribution in [3.05, 3.63) is 72.8 Å². The van der Waals surface area contributed by atoms with Gasteiger partial charge in [0.2, 0.25) is 0 Å². The molecule has 6 heteroatoms. The van der Waals surface area contributed by atoms with E-state index in [-0.39, 0.29) is 0 Å². The second-order valence-corrected chi connectivity index (χ2v) is 5.62. The van der Waals surface area contributed by atoms with E-state index in [0.717, 1.165) is 22.6 Å². The quantitative estimate of drug-likeness (QED) is 0.570. The molecule has 0 unspecified atom stereocenters. The average Bonchev–Trinajstić information content (AvgIpc) is 3.06. The second kappa shape index (κ2) is 6.60. The minimum absolute atomic E-state index is 0.356. The normalized spacial score (nSPS) is 10.6. The number of rotatable bonds is 4. The number of benzene rings is 3. The average molecular weight is 345 g/mol. The van der Waals surface area contributed by atoms with E-state index in [1.54, 1.807) is 18.2 Å². The van der Waals surface area contributed by atoms with Crippen molar-refractivity contribution in [1.29, 1.82) is 0 Å². The molecule has 1 aromatic heterocycles. The van der Waals surface area contributed by atoms with Crippen molar-refractivity contribution in [2.75, 3.05) is 0 Å². The van der Waals surface area contributed by atoms with Crippen LogP contribution in [0.4, 0.5) is 4.79 Å². The highest BCUT2D eigenvalue weighted by Gasteiger charge is 2.08. The largest absolute Gasteiger partial charge is 0.457 e. The number of hydrogen-bond donors (Lipinski definition) is 2. The molecular formula is C20H15N3O3. The molecule has 0 radical (unpaired) electrons. The lowest BCUT2D eigenvalue weighted by molar-refractivity contribution is 0.211. The highest BCUT2D eigenvalue weighted by Crippen LogP contribution is 2.27. The number of amides is 1. The molecule has 0 aliphatic heterocycles. The fourth-order valence-corrected chi connectivity index (χ4v) is 2.61. The number of imidazole rings is 1. The van der Waals surface area contributed by atoms with Crippen molar-refractivity contribution in [2.45, 2.75) is 0 Å². The van der Waals surface area contributed by atoms with E-state index >= 15 is 0 Å². The summed E-state index contributed by atoms with van der Waals surface area (Å²) in [5, 5.41) is 0. The first-order valence-corrected chi connectivity index (χ1v) is 7.98. The molecule has 3 N–H and O–H groups in total. The molecule has 4 aromatic rings. The van der Waals surface area contributed by atoms with Crippen LogP contribution in [0.2, 0.25) is 0 Å². The van der Waals surface area contributed by atoms with Crippen molar-refractivity contribution < 1.29 is 14.3 Å². The van der Waals surface area contributed by atoms with Crippen molar-refractivity contribution in [2.24, 2.45) is 5.73 Å². The van der Waals surface area contributed by atoms with E-state index in [1.165, 1.54) is 0 Å². The summed E-state index contributed by atoms with van der Waals surface area (Å²) >= 11 is 0. The summed E-state index contributed by atoms with van der Waals surface area (Å²) in [5.41, 5.74) is 7.47. The summed E-state index contributed by atoms with van der Waals surface area (Å²) in [7, 11) is 0. The molecule has 0 spiro atoms. The molecule has 26 heavy (non-hydrogen) atoms. The predicted molar refractivity (Wildman–Crippen MR) is 98.3 cm³/mol. The number of carbonyl (C=O) groups is 1. The summed E-state index contributed by atoms with van der Waals surface area (Å²) in [5.74, 6) is 2.59. The van der Waals surface area contributed by atoms with Gasteiger partial charge in [-0.15, -0.1) is 0 Å². The monoisotopic (exact) mass is 345 g/mol. The third kappa shape index (κ3) is 3.34. The SMILES string of the molecule is NC(=O)Oc1ccc2[nH]c(-c3ccc(Oc4ccccc4)cc3)nc2c1. The number of carbonyl (C=O) groups excluding carboxylic acids is 1. The van der Waals surface area contributed by atoms with Gasteiger partial charge in [-0.05, 0) is 48.5 Å². The molecule has 0 aliphatic carbocycles. The van der Waals surface area contributed by atoms with Gasteiger partial charge in [0.05, 0.1) is 11.0 Å². The summed E-state index contributed by atoms with van der Waals surface area (Å²) in [6.07, 6.45) is -0.853. The van der Waals surface area contributed by atoms with Crippen LogP contribution in [0.5, 0.6) is 17.2 Å². The topological polar surface area (TPSA) is 90.2 Å². The van der Waals surface area contributed by atoms with Gasteiger partial charge in [0.1, 0.15) is 23.1 Å². The Morgan fingerprint density at radius 3 is 2.31 bits per heavy atom. The lowest BCUT2D eigenvalue weighted by Crippen LogP contribution is -2.16. The summed E-state index contributed by atoms with van der Waals surface area (Å²) < 4.78 is 10.7. The van der Waals surface area contributed by atoms with Gasteiger partial charge in [-0.25, -0.2) is 9.78 Å². The van der Waals surface area contributed by atoms with E-state index in [0.29, 0.717) is 17.1 Å². The molecular weight excluding hydrogens is 330 g/mol. The smallest absolute Gasteiger partial charge is 0.409 e. The van der Waals surface area contributed by atoms with Gasteiger partial charge in [-0.1, -0.05) is 18.2 Å². The van der Waals surface area contributed by atoms with Crippen molar-refractivity contribution in [1.82, 2.24) is 9.97 Å². The van der Waals surface area contributed by atoms with Crippen LogP contribution in [0, 0.1) is 0 Å². The van der Waals surface area contributed by atoms with Gasteiger partial charge in [-0.3, -0.25) is 0 Å². The van der Waals surface area contributed by atoms with Crippen LogP contribution < -0.4 is 15.2 Å². The minimum atomic E-state index is -0.853. The number of nitrogens with two attached hydrogens (primary N) is 1. The van der Waals surface area contributed by atoms with Crippen molar-refractivity contribution in [3.63, 3.8) is 0 Å². The molecule has 6 nitrogen and oxygen atoms in total. The Morgan fingerprint density at radius 1 is 0.885 bits per heavy atom. The number of nitrogens with one attached hydrogen (secondary N) is 1. The van der Waals surface area contributed by atoms with Crippen LogP contribution in [0.15, 0.2) is 72.8 Å². The third-order valence-electron chi connectivity index (χ3n) is 3.78. The number of para-hydroxylation sites is 1. The number of hydrogen-bond acceptors (Lipinski definition) is 4. The molecule has 3 aromatic carbocycles. The van der Waals surface area contributed by atoms with Crippen molar-refractivity contribution >= 4 is 17.1 Å². The standard InChI is InChI=1S/C20H15N3O3/c21-20(24)26-16-10-11-17-18(12-16)23-19(22-17)13-6-8-15(9-7-13)25-14-4-2-1-3-5-14/h1-12H,(H2,21,24)(H,22,23). The zero-order chi connectivity index (χ0) is 17.9. The van der Waals surface area contributed by atoms with E-state index in [9.17, 15) is 4.79 Å². The van der Waals surface area contributed by atoms with Gasteiger partial charge < -0.3 is 20.2 Å². The molecule has 0 bridgehead atoms. The predicted octanol–water partition coefficient (Wildman–Crippen LogP) is 4.48. The fourth-order valence-electron chi connectivity index (χ4n) is 2.61. The Morgan fingerprint density at radius 2 is 1.58 bits per heavy atom. The highest BCUT2D eigenvalue weighted by molar-refractivity contribution is 5.81. The fraction of sp³-hybridized carbons (Fsp3) is 0. The summed E-state index contributed by atoms with van der Waals surface area (Å²) in [4.78, 5) is 18.6. The first-order valence-electron chi connectivity index (χ1n) is 7.98. The number of aromatic nitrogens is 2. The maximum Gasteiger partial charge on any atom is 0.409 e. The Labute approximate surface area is 149 Å². The lowest BCUT2D eigenvalue weighted by atomic mass is 10.2. The van der Waals surface area contributed by atoms with Crippen LogP contribution in [0.25, 0.3) is 22.4 Å². The second-order valence-electron chi connectivity index (χ2n) is 5.62. The van der Waals surface area contributed by atoms with Crippen LogP contribution in [-0.4, -0.2) is 16.1 Å². The first kappa shape index (κ1) is 15.7. The van der Waals surface area contributed by atoms with Crippen LogP contribution in [0.1, 0.15) is 0 Å². The highest BCUT2D eigenvalue weighted by atomic mass is 16.5. The number of nitrogens with zero attached hydrogens (tertiary/aromatic N) is 1. The Bertz CT molecular complexity index is 1060. The van der Waals surface area contributed by atoms with E-state index in [2.05, 4.69) is 9.97 Å². The third-order valence-corrected chi connectivity index (χ3v) is 3.78. The Balaban J connectivity index is 1.58. The number of H-pyrrole nitrogens is 1.